The number of anilines is 2. The number of aromatic nitrogens is 10. The van der Waals surface area contributed by atoms with E-state index in [1.165, 1.54) is 54.7 Å². The van der Waals surface area contributed by atoms with Crippen LogP contribution in [0.15, 0.2) is 41.1 Å². The number of hydrogen-bond donors (Lipinski definition) is 7. The third-order valence-electron chi connectivity index (χ3n) is 11.3. The fourth-order valence-electron chi connectivity index (χ4n) is 8.17. The van der Waals surface area contributed by atoms with E-state index in [2.05, 4.69) is 47.1 Å². The van der Waals surface area contributed by atoms with Crippen molar-refractivity contribution in [1.82, 2.24) is 48.6 Å². The minimum atomic E-state index is -5.18. The lowest BCUT2D eigenvalue weighted by atomic mass is 10.0. The second-order valence-corrected chi connectivity index (χ2v) is 23.3. The number of thiol groups is 1. The van der Waals surface area contributed by atoms with Crippen molar-refractivity contribution in [3.05, 3.63) is 57.9 Å². The molecule has 3 unspecified atom stereocenters. The van der Waals surface area contributed by atoms with Gasteiger partial charge in [-0.25, -0.2) is 43.8 Å². The predicted octanol–water partition coefficient (Wildman–Crippen LogP) is 1.38. The Morgan fingerprint density at radius 3 is 2.06 bits per heavy atom. The Hall–Kier alpha value is -3.68. The van der Waals surface area contributed by atoms with E-state index in [1.807, 2.05) is 0 Å². The summed E-state index contributed by atoms with van der Waals surface area (Å²) in [5.41, 5.74) is 11.8. The number of phosphoric acid groups is 1. The van der Waals surface area contributed by atoms with Gasteiger partial charge in [0.15, 0.2) is 29.2 Å². The Bertz CT molecular complexity index is 2950. The molecule has 8 N–H and O–H groups in total. The number of aliphatic hydroxyl groups is 1. The van der Waals surface area contributed by atoms with Crippen molar-refractivity contribution >= 4 is 79.4 Å². The lowest BCUT2D eigenvalue weighted by molar-refractivity contribution is -0.0572. The lowest BCUT2D eigenvalue weighted by Crippen LogP contribution is -2.37. The lowest BCUT2D eigenvalue weighted by Gasteiger charge is -2.29. The molecule has 8 rings (SSSR count). The number of phosphoric ester groups is 1. The van der Waals surface area contributed by atoms with Crippen LogP contribution in [0.25, 0.3) is 22.3 Å². The number of ether oxygens (including phenoxy) is 4. The Labute approximate surface area is 400 Å². The molecular weight excluding hydrogens is 1020 g/mol. The Balaban J connectivity index is 1.04. The molecule has 0 amide bonds. The number of nitrogen functional groups attached to an aromatic ring is 2. The summed E-state index contributed by atoms with van der Waals surface area (Å²) in [6.45, 7) is -3.89. The molecule has 5 aromatic heterocycles. The molecular formula is C35H49N12O17P3S2. The number of rotatable bonds is 19. The van der Waals surface area contributed by atoms with Gasteiger partial charge < -0.3 is 49.8 Å². The predicted molar refractivity (Wildman–Crippen MR) is 245 cm³/mol. The molecule has 0 saturated carbocycles. The van der Waals surface area contributed by atoms with E-state index >= 15 is 0 Å². The molecule has 3 aliphatic heterocycles. The molecule has 378 valence electrons. The van der Waals surface area contributed by atoms with Gasteiger partial charge in [-0.05, 0) is 32.6 Å². The number of nitrogens with one attached hydrogen (secondary N) is 1. The van der Waals surface area contributed by atoms with E-state index in [0.29, 0.717) is 0 Å². The standard InChI is InChI=1S/C35H49N12O17P3S2/c1-15(2)61-66(53,68)56-10-21-26(27(55-5)34(60-21)47-14-43-24-29(37)39-12-41-31(24)47)64-67(54,69)57-9-20-25(17(4)33(59-20)46-13-42-23-28(36)38-11-40-30(23)46)63-65(51,52)62-18-6-22(58-19(18)8-48)45-7-16(3)32(49)44-35(45)50/h7,11-15,17-22,25-27,33-34,48H,6,8-10H2,1-5H3,(H,51,52)(H,53,68)(H,54,69)(H2,36,38,40)(H2,37,39,41)(H,44,49,50)/t17-,18+,19-,20-,21-,22-,25+,26-,27-,33-,34-,66?,67?/m1/s1. The molecule has 3 aliphatic rings. The second kappa shape index (κ2) is 20.4. The third-order valence-corrected chi connectivity index (χ3v) is 15.7. The first-order chi connectivity index (χ1) is 32.6. The zero-order valence-corrected chi connectivity index (χ0v) is 41.5. The fourth-order valence-corrected chi connectivity index (χ4v) is 12.6. The van der Waals surface area contributed by atoms with Gasteiger partial charge in [0.2, 0.25) is 0 Å². The summed E-state index contributed by atoms with van der Waals surface area (Å²) in [5.74, 6) is -0.701. The van der Waals surface area contributed by atoms with E-state index in [0.717, 1.165) is 4.57 Å². The molecule has 0 bridgehead atoms. The maximum Gasteiger partial charge on any atom is 0.472 e. The summed E-state index contributed by atoms with van der Waals surface area (Å²) in [6, 6.07) is 0. The minimum Gasteiger partial charge on any atom is -0.394 e. The highest BCUT2D eigenvalue weighted by Crippen LogP contribution is 2.57. The van der Waals surface area contributed by atoms with Crippen LogP contribution in [0.2, 0.25) is 0 Å². The average molecular weight is 1070 g/mol. The molecule has 3 saturated heterocycles. The van der Waals surface area contributed by atoms with Crippen molar-refractivity contribution in [3.8, 4) is 0 Å². The highest BCUT2D eigenvalue weighted by atomic mass is 32.7. The molecule has 8 heterocycles. The van der Waals surface area contributed by atoms with Gasteiger partial charge in [0, 0.05) is 31.2 Å². The van der Waals surface area contributed by atoms with Crippen LogP contribution in [0.3, 0.4) is 0 Å². The van der Waals surface area contributed by atoms with Crippen molar-refractivity contribution in [1.29, 1.82) is 0 Å². The van der Waals surface area contributed by atoms with Crippen LogP contribution in [0.1, 0.15) is 51.4 Å². The maximum absolute atomic E-state index is 14.0. The smallest absolute Gasteiger partial charge is 0.394 e. The maximum atomic E-state index is 14.0. The molecule has 3 fully saturated rings. The monoisotopic (exact) mass is 1070 g/mol. The van der Waals surface area contributed by atoms with Crippen molar-refractivity contribution in [2.24, 2.45) is 5.92 Å². The Morgan fingerprint density at radius 2 is 1.45 bits per heavy atom. The molecule has 14 atom stereocenters. The highest BCUT2D eigenvalue weighted by molar-refractivity contribution is 8.44. The van der Waals surface area contributed by atoms with Crippen molar-refractivity contribution in [2.45, 2.75) is 102 Å². The summed E-state index contributed by atoms with van der Waals surface area (Å²) >= 11 is 9.62. The highest BCUT2D eigenvalue weighted by Gasteiger charge is 2.53. The zero-order chi connectivity index (χ0) is 49.7. The fraction of sp³-hybridized carbons (Fsp3) is 0.600. The molecule has 0 radical (unpaired) electrons. The number of H-pyrrole nitrogens is 1. The molecule has 0 aliphatic carbocycles. The van der Waals surface area contributed by atoms with E-state index in [-0.39, 0.29) is 45.9 Å². The Kier molecular flexibility index (Phi) is 15.3. The average Bonchev–Trinajstić information content (AvgIpc) is 4.11. The van der Waals surface area contributed by atoms with Gasteiger partial charge in [-0.2, -0.15) is 0 Å². The van der Waals surface area contributed by atoms with Gasteiger partial charge >= 0.3 is 27.0 Å². The molecule has 0 spiro atoms. The van der Waals surface area contributed by atoms with E-state index in [1.54, 1.807) is 20.8 Å². The van der Waals surface area contributed by atoms with E-state index < -0.39 is 126 Å². The Morgan fingerprint density at radius 1 is 0.855 bits per heavy atom. The van der Waals surface area contributed by atoms with Gasteiger partial charge in [-0.3, -0.25) is 46.1 Å². The number of methoxy groups -OCH3 is 1. The van der Waals surface area contributed by atoms with Gasteiger partial charge in [-0.15, -0.1) is 0 Å². The van der Waals surface area contributed by atoms with Gasteiger partial charge in [0.05, 0.1) is 38.6 Å². The van der Waals surface area contributed by atoms with Crippen LogP contribution in [0.4, 0.5) is 11.6 Å². The number of nitrogens with two attached hydrogens (primary N) is 2. The number of hydrogen-bond acceptors (Lipinski definition) is 24. The number of aromatic amines is 1. The second-order valence-electron chi connectivity index (χ2n) is 16.3. The van der Waals surface area contributed by atoms with Crippen molar-refractivity contribution in [2.75, 3.05) is 38.4 Å². The summed E-state index contributed by atoms with van der Waals surface area (Å²) < 4.78 is 90.0. The van der Waals surface area contributed by atoms with Crippen molar-refractivity contribution in [3.63, 3.8) is 0 Å². The van der Waals surface area contributed by atoms with Crippen LogP contribution in [-0.2, 0) is 67.0 Å². The zero-order valence-electron chi connectivity index (χ0n) is 37.1. The van der Waals surface area contributed by atoms with Crippen LogP contribution in [0, 0.1) is 12.8 Å². The SMILES string of the molecule is CO[C@@H]1[C@H](OP(O)(=S)OC[C@H]2O[C@@H](n3cnc4c(N)ncnc43)[C@H](C)[C@@H]2OP(=O)(O)O[C@H]2C[C@H](n3cc(C)c(=O)[nH]c3=O)O[C@@H]2CO)[C@@H](COP(=O)(S)OC(C)C)O[C@H]1n1cnc2c(N)ncnc21. The molecule has 29 nitrogen and oxygen atoms in total. The first kappa shape index (κ1) is 51.7. The summed E-state index contributed by atoms with van der Waals surface area (Å²) in [4.78, 5) is 75.1. The number of nitrogens with zero attached hydrogens (tertiary/aromatic N) is 9. The largest absolute Gasteiger partial charge is 0.472 e. The van der Waals surface area contributed by atoms with E-state index in [4.69, 9.17) is 69.4 Å². The van der Waals surface area contributed by atoms with Gasteiger partial charge in [0.1, 0.15) is 78.9 Å². The first-order valence-corrected chi connectivity index (χ1v) is 27.7. The third kappa shape index (κ3) is 11.1. The minimum absolute atomic E-state index is 0.0673. The van der Waals surface area contributed by atoms with E-state index in [9.17, 15) is 33.6 Å². The summed E-state index contributed by atoms with van der Waals surface area (Å²) in [6.07, 6.45) is -6.47. The summed E-state index contributed by atoms with van der Waals surface area (Å²) in [5, 5.41) is 10.2. The van der Waals surface area contributed by atoms with Crippen LogP contribution in [0.5, 0.6) is 0 Å². The normalized spacial score (nSPS) is 30.0. The molecule has 34 heteroatoms. The quantitative estimate of drug-likeness (QED) is 0.0454. The number of aryl methyl sites for hydroxylation is 1. The van der Waals surface area contributed by atoms with Gasteiger partial charge in [0.25, 0.3) is 5.56 Å². The van der Waals surface area contributed by atoms with Crippen molar-refractivity contribution < 1.29 is 70.1 Å². The number of imidazole rings is 2. The summed E-state index contributed by atoms with van der Waals surface area (Å²) in [7, 11) is -3.84. The molecule has 69 heavy (non-hydrogen) atoms. The topological polar surface area (TPSA) is 381 Å². The number of aliphatic hydroxyl groups excluding tert-OH is 1. The molecule has 0 aromatic carbocycles. The van der Waals surface area contributed by atoms with Crippen LogP contribution in [-0.4, -0.2) is 139 Å². The van der Waals surface area contributed by atoms with Crippen LogP contribution >= 0.6 is 33.6 Å². The molecule has 5 aromatic rings. The first-order valence-electron chi connectivity index (χ1n) is 20.9. The van der Waals surface area contributed by atoms with Gasteiger partial charge in [-0.1, -0.05) is 19.2 Å². The van der Waals surface area contributed by atoms with Crippen LogP contribution < -0.4 is 22.7 Å². The number of fused-ring (bicyclic) bond motifs is 2.